The molecule has 1 heterocycles. The van der Waals surface area contributed by atoms with E-state index < -0.39 is 5.54 Å². The first-order valence-corrected chi connectivity index (χ1v) is 6.10. The first-order valence-electron chi connectivity index (χ1n) is 5.34. The highest BCUT2D eigenvalue weighted by atomic mass is 35.5. The van der Waals surface area contributed by atoms with E-state index in [2.05, 4.69) is 15.7 Å². The van der Waals surface area contributed by atoms with Crippen LogP contribution in [-0.4, -0.2) is 33.9 Å². The van der Waals surface area contributed by atoms with Crippen molar-refractivity contribution in [1.82, 2.24) is 4.98 Å². The molecule has 0 radical (unpaired) electrons. The van der Waals surface area contributed by atoms with Gasteiger partial charge in [-0.3, -0.25) is 0 Å². The molecule has 6 nitrogen and oxygen atoms in total. The Kier molecular flexibility index (Phi) is 5.43. The van der Waals surface area contributed by atoms with Gasteiger partial charge in [-0.05, 0) is 12.5 Å². The zero-order valence-corrected chi connectivity index (χ0v) is 11.4. The van der Waals surface area contributed by atoms with Crippen molar-refractivity contribution in [1.29, 1.82) is 0 Å². The molecular weight excluding hydrogens is 279 g/mol. The van der Waals surface area contributed by atoms with Gasteiger partial charge in [0, 0.05) is 0 Å². The second kappa shape index (κ2) is 6.40. The summed E-state index contributed by atoms with van der Waals surface area (Å²) < 4.78 is 0. The Hall–Kier alpha value is -0.790. The summed E-state index contributed by atoms with van der Waals surface area (Å²) in [5, 5.41) is 22.2. The van der Waals surface area contributed by atoms with Gasteiger partial charge >= 0.3 is 0 Å². The van der Waals surface area contributed by atoms with Crippen LogP contribution in [0.2, 0.25) is 10.0 Å². The van der Waals surface area contributed by atoms with Crippen LogP contribution in [0.4, 0.5) is 11.6 Å². The molecule has 0 aliphatic heterocycles. The van der Waals surface area contributed by atoms with Gasteiger partial charge in [-0.15, -0.1) is 0 Å². The molecule has 0 atom stereocenters. The number of hydrogen-bond donors (Lipinski definition) is 5. The Morgan fingerprint density at radius 2 is 1.83 bits per heavy atom. The van der Waals surface area contributed by atoms with Crippen LogP contribution in [0, 0.1) is 0 Å². The van der Waals surface area contributed by atoms with E-state index in [1.807, 2.05) is 6.92 Å². The van der Waals surface area contributed by atoms with Gasteiger partial charge in [-0.1, -0.05) is 30.1 Å². The smallest absolute Gasteiger partial charge is 0.161 e. The van der Waals surface area contributed by atoms with Gasteiger partial charge in [-0.25, -0.2) is 10.8 Å². The SMILES string of the molecule is CCC(CO)(CO)Nc1nc(NN)c(Cl)cc1Cl. The quantitative estimate of drug-likeness (QED) is 0.399. The number of nitrogens with two attached hydrogens (primary N) is 1. The molecule has 0 bridgehead atoms. The van der Waals surface area contributed by atoms with Crippen molar-refractivity contribution in [3.63, 3.8) is 0 Å². The summed E-state index contributed by atoms with van der Waals surface area (Å²) in [5.74, 6) is 5.81. The van der Waals surface area contributed by atoms with E-state index in [1.165, 1.54) is 6.07 Å². The number of nitrogens with zero attached hydrogens (tertiary/aromatic N) is 1. The van der Waals surface area contributed by atoms with E-state index in [0.29, 0.717) is 12.2 Å². The van der Waals surface area contributed by atoms with Crippen molar-refractivity contribution in [2.45, 2.75) is 18.9 Å². The fraction of sp³-hybridized carbons (Fsp3) is 0.500. The third kappa shape index (κ3) is 3.15. The first-order chi connectivity index (χ1) is 8.51. The molecule has 0 saturated carbocycles. The number of halogens is 2. The predicted octanol–water partition coefficient (Wildman–Crippen LogP) is 1.22. The maximum absolute atomic E-state index is 9.35. The van der Waals surface area contributed by atoms with Crippen LogP contribution in [-0.2, 0) is 0 Å². The van der Waals surface area contributed by atoms with E-state index >= 15 is 0 Å². The largest absolute Gasteiger partial charge is 0.394 e. The van der Waals surface area contributed by atoms with Gasteiger partial charge in [0.2, 0.25) is 0 Å². The number of hydrogen-bond acceptors (Lipinski definition) is 6. The number of rotatable bonds is 6. The molecule has 1 aromatic rings. The van der Waals surface area contributed by atoms with Crippen LogP contribution >= 0.6 is 23.2 Å². The molecule has 1 aromatic heterocycles. The van der Waals surface area contributed by atoms with Crippen LogP contribution in [0.25, 0.3) is 0 Å². The monoisotopic (exact) mass is 294 g/mol. The predicted molar refractivity (Wildman–Crippen MR) is 72.9 cm³/mol. The Morgan fingerprint density at radius 3 is 2.28 bits per heavy atom. The van der Waals surface area contributed by atoms with Gasteiger partial charge < -0.3 is 21.0 Å². The Bertz CT molecular complexity index is 405. The van der Waals surface area contributed by atoms with Gasteiger partial charge in [-0.2, -0.15) is 0 Å². The van der Waals surface area contributed by atoms with Gasteiger partial charge in [0.1, 0.15) is 5.82 Å². The van der Waals surface area contributed by atoms with Gasteiger partial charge in [0.25, 0.3) is 0 Å². The number of pyridine rings is 1. The summed E-state index contributed by atoms with van der Waals surface area (Å²) in [6.45, 7) is 1.31. The molecular formula is C10H16Cl2N4O2. The summed E-state index contributed by atoms with van der Waals surface area (Å²) in [6, 6.07) is 1.48. The number of nitrogens with one attached hydrogen (secondary N) is 2. The average molecular weight is 295 g/mol. The summed E-state index contributed by atoms with van der Waals surface area (Å²) >= 11 is 11.9. The third-order valence-electron chi connectivity index (χ3n) is 2.73. The minimum absolute atomic E-state index is 0.254. The average Bonchev–Trinajstić information content (AvgIpc) is 2.38. The summed E-state index contributed by atoms with van der Waals surface area (Å²) in [6.07, 6.45) is 0.492. The third-order valence-corrected chi connectivity index (χ3v) is 3.31. The number of aliphatic hydroxyl groups is 2. The highest BCUT2D eigenvalue weighted by molar-refractivity contribution is 6.37. The standard InChI is InChI=1S/C10H16Cl2N4O2/c1-2-10(4-17,5-18)15-8-6(11)3-7(12)9(14-8)16-13/h3,17-18H,2,4-5,13H2,1H3,(H2,14,15,16). The van der Waals surface area contributed by atoms with Crippen LogP contribution < -0.4 is 16.6 Å². The van der Waals surface area contributed by atoms with Gasteiger partial charge in [0.05, 0.1) is 28.8 Å². The normalized spacial score (nSPS) is 11.4. The van der Waals surface area contributed by atoms with Crippen LogP contribution in [0.3, 0.4) is 0 Å². The van der Waals surface area contributed by atoms with E-state index in [1.54, 1.807) is 0 Å². The zero-order valence-electron chi connectivity index (χ0n) is 9.87. The number of anilines is 2. The first kappa shape index (κ1) is 15.3. The molecule has 0 aromatic carbocycles. The van der Waals surface area contributed by atoms with E-state index in [-0.39, 0.29) is 29.1 Å². The molecule has 1 rings (SSSR count). The lowest BCUT2D eigenvalue weighted by molar-refractivity contribution is 0.132. The maximum Gasteiger partial charge on any atom is 0.161 e. The van der Waals surface area contributed by atoms with E-state index in [4.69, 9.17) is 29.0 Å². The fourth-order valence-corrected chi connectivity index (χ4v) is 1.81. The number of aromatic nitrogens is 1. The minimum atomic E-state index is -0.893. The molecule has 0 unspecified atom stereocenters. The summed E-state index contributed by atoms with van der Waals surface area (Å²) in [5.41, 5.74) is 1.44. The molecule has 6 N–H and O–H groups in total. The zero-order chi connectivity index (χ0) is 13.8. The van der Waals surface area contributed by atoms with Crippen molar-refractivity contribution in [2.24, 2.45) is 5.84 Å². The minimum Gasteiger partial charge on any atom is -0.394 e. The van der Waals surface area contributed by atoms with Crippen LogP contribution in [0.5, 0.6) is 0 Å². The molecule has 0 aliphatic carbocycles. The van der Waals surface area contributed by atoms with Gasteiger partial charge in [0.15, 0.2) is 5.82 Å². The summed E-state index contributed by atoms with van der Waals surface area (Å²) in [7, 11) is 0. The highest BCUT2D eigenvalue weighted by Crippen LogP contribution is 2.30. The van der Waals surface area contributed by atoms with Crippen LogP contribution in [0.1, 0.15) is 13.3 Å². The Morgan fingerprint density at radius 1 is 1.28 bits per heavy atom. The lowest BCUT2D eigenvalue weighted by Crippen LogP contribution is -2.45. The highest BCUT2D eigenvalue weighted by Gasteiger charge is 2.28. The van der Waals surface area contributed by atoms with E-state index in [9.17, 15) is 10.2 Å². The second-order valence-electron chi connectivity index (χ2n) is 3.87. The molecule has 18 heavy (non-hydrogen) atoms. The molecule has 0 saturated heterocycles. The number of hydrazine groups is 1. The molecule has 0 aliphatic rings. The van der Waals surface area contributed by atoms with Crippen molar-refractivity contribution < 1.29 is 10.2 Å². The van der Waals surface area contributed by atoms with Crippen molar-refractivity contribution in [3.8, 4) is 0 Å². The second-order valence-corrected chi connectivity index (χ2v) is 4.68. The molecule has 0 amide bonds. The Labute approximate surface area is 115 Å². The molecule has 102 valence electrons. The lowest BCUT2D eigenvalue weighted by Gasteiger charge is -2.30. The Balaban J connectivity index is 3.10. The van der Waals surface area contributed by atoms with E-state index in [0.717, 1.165) is 0 Å². The number of nitrogen functional groups attached to an aromatic ring is 1. The van der Waals surface area contributed by atoms with Crippen LogP contribution in [0.15, 0.2) is 6.07 Å². The number of aliphatic hydroxyl groups excluding tert-OH is 2. The fourth-order valence-electron chi connectivity index (χ4n) is 1.35. The maximum atomic E-state index is 9.35. The molecule has 0 spiro atoms. The topological polar surface area (TPSA) is 103 Å². The van der Waals surface area contributed by atoms with Crippen molar-refractivity contribution in [2.75, 3.05) is 24.0 Å². The lowest BCUT2D eigenvalue weighted by atomic mass is 9.98. The molecule has 8 heteroatoms. The van der Waals surface area contributed by atoms with Crippen molar-refractivity contribution >= 4 is 34.8 Å². The van der Waals surface area contributed by atoms with Crippen molar-refractivity contribution in [3.05, 3.63) is 16.1 Å². The summed E-state index contributed by atoms with van der Waals surface area (Å²) in [4.78, 5) is 4.09. The molecule has 0 fully saturated rings.